The SMILES string of the molecule is CCOc1ccccc1C(=O)N[C@@H](C(=O)N(C)c1c(N)n(Cc2ccccc2)c(=O)[nH]c1=O)C(C)C. The van der Waals surface area contributed by atoms with E-state index in [2.05, 4.69) is 10.3 Å². The molecule has 0 aliphatic rings. The smallest absolute Gasteiger partial charge is 0.330 e. The summed E-state index contributed by atoms with van der Waals surface area (Å²) in [5, 5.41) is 2.76. The van der Waals surface area contributed by atoms with E-state index in [1.54, 1.807) is 38.1 Å². The minimum atomic E-state index is -0.981. The number of aromatic nitrogens is 2. The number of nitrogens with two attached hydrogens (primary N) is 1. The van der Waals surface area contributed by atoms with Crippen molar-refractivity contribution in [2.75, 3.05) is 24.3 Å². The van der Waals surface area contributed by atoms with Crippen LogP contribution in [0.1, 0.15) is 36.7 Å². The summed E-state index contributed by atoms with van der Waals surface area (Å²) in [7, 11) is 1.39. The van der Waals surface area contributed by atoms with E-state index in [9.17, 15) is 19.2 Å². The van der Waals surface area contributed by atoms with Crippen LogP contribution in [0.2, 0.25) is 0 Å². The van der Waals surface area contributed by atoms with Gasteiger partial charge in [0, 0.05) is 7.05 Å². The fourth-order valence-electron chi connectivity index (χ4n) is 3.81. The second-order valence-electron chi connectivity index (χ2n) is 8.59. The maximum absolute atomic E-state index is 13.5. The Morgan fingerprint density at radius 3 is 2.36 bits per heavy atom. The molecule has 10 heteroatoms. The molecule has 0 aliphatic carbocycles. The highest BCUT2D eigenvalue weighted by Crippen LogP contribution is 2.21. The first-order valence-electron chi connectivity index (χ1n) is 11.6. The zero-order chi connectivity index (χ0) is 26.4. The van der Waals surface area contributed by atoms with Crippen LogP contribution in [0, 0.1) is 5.92 Å². The number of nitrogen functional groups attached to an aromatic ring is 1. The fraction of sp³-hybridized carbons (Fsp3) is 0.308. The van der Waals surface area contributed by atoms with Crippen LogP contribution < -0.4 is 31.9 Å². The number of rotatable bonds is 9. The average Bonchev–Trinajstić information content (AvgIpc) is 2.85. The first-order valence-corrected chi connectivity index (χ1v) is 11.6. The van der Waals surface area contributed by atoms with Crippen LogP contribution in [0.5, 0.6) is 5.75 Å². The predicted molar refractivity (Wildman–Crippen MR) is 138 cm³/mol. The number of nitrogens with one attached hydrogen (secondary N) is 2. The van der Waals surface area contributed by atoms with Crippen LogP contribution in [0.4, 0.5) is 11.5 Å². The van der Waals surface area contributed by atoms with E-state index in [4.69, 9.17) is 10.5 Å². The number of hydrogen-bond donors (Lipinski definition) is 3. The van der Waals surface area contributed by atoms with Gasteiger partial charge in [0.05, 0.1) is 18.7 Å². The Kier molecular flexibility index (Phi) is 8.31. The lowest BCUT2D eigenvalue weighted by Gasteiger charge is -2.28. The van der Waals surface area contributed by atoms with Crippen molar-refractivity contribution in [2.45, 2.75) is 33.4 Å². The van der Waals surface area contributed by atoms with Gasteiger partial charge in [0.1, 0.15) is 17.6 Å². The van der Waals surface area contributed by atoms with Crippen LogP contribution in [0.25, 0.3) is 0 Å². The second-order valence-corrected chi connectivity index (χ2v) is 8.59. The highest BCUT2D eigenvalue weighted by Gasteiger charge is 2.31. The van der Waals surface area contributed by atoms with Gasteiger partial charge in [-0.1, -0.05) is 56.3 Å². The van der Waals surface area contributed by atoms with E-state index in [1.807, 2.05) is 37.3 Å². The summed E-state index contributed by atoms with van der Waals surface area (Å²) in [6, 6.07) is 14.9. The van der Waals surface area contributed by atoms with Gasteiger partial charge < -0.3 is 20.7 Å². The normalized spacial score (nSPS) is 11.7. The number of likely N-dealkylation sites (N-methyl/N-ethyl adjacent to an activating group) is 1. The standard InChI is InChI=1S/C26H31N5O5/c1-5-36-19-14-10-9-13-18(19)23(32)28-20(16(2)3)25(34)30(4)21-22(27)31(26(35)29-24(21)33)15-17-11-7-6-8-12-17/h6-14,16,20H,5,15,27H2,1-4H3,(H,28,32)(H,29,33,35)/t20-/m1/s1. The Labute approximate surface area is 208 Å². The number of H-pyrrole nitrogens is 1. The maximum Gasteiger partial charge on any atom is 0.330 e. The molecule has 4 N–H and O–H groups in total. The van der Waals surface area contributed by atoms with Gasteiger partial charge in [-0.05, 0) is 30.5 Å². The highest BCUT2D eigenvalue weighted by atomic mass is 16.5. The second kappa shape index (κ2) is 11.4. The summed E-state index contributed by atoms with van der Waals surface area (Å²) >= 11 is 0. The van der Waals surface area contributed by atoms with Gasteiger partial charge >= 0.3 is 5.69 Å². The molecule has 0 saturated heterocycles. The van der Waals surface area contributed by atoms with Gasteiger partial charge in [-0.3, -0.25) is 23.9 Å². The van der Waals surface area contributed by atoms with E-state index in [-0.39, 0.29) is 29.5 Å². The summed E-state index contributed by atoms with van der Waals surface area (Å²) in [6.07, 6.45) is 0. The minimum absolute atomic E-state index is 0.107. The lowest BCUT2D eigenvalue weighted by molar-refractivity contribution is -0.121. The molecule has 1 atom stereocenters. The third-order valence-corrected chi connectivity index (χ3v) is 5.71. The summed E-state index contributed by atoms with van der Waals surface area (Å²) < 4.78 is 6.72. The number of ether oxygens (including phenoxy) is 1. The Balaban J connectivity index is 1.93. The molecule has 0 spiro atoms. The van der Waals surface area contributed by atoms with Gasteiger partial charge in [0.25, 0.3) is 11.5 Å². The molecule has 2 amide bonds. The molecule has 0 radical (unpaired) electrons. The van der Waals surface area contributed by atoms with Gasteiger partial charge in [-0.2, -0.15) is 0 Å². The Morgan fingerprint density at radius 1 is 1.08 bits per heavy atom. The Morgan fingerprint density at radius 2 is 1.72 bits per heavy atom. The van der Waals surface area contributed by atoms with Crippen molar-refractivity contribution < 1.29 is 14.3 Å². The molecule has 0 saturated carbocycles. The van der Waals surface area contributed by atoms with Crippen molar-refractivity contribution in [3.05, 3.63) is 86.6 Å². The highest BCUT2D eigenvalue weighted by molar-refractivity contribution is 6.04. The Hall–Kier alpha value is -4.34. The number of carbonyl (C=O) groups excluding carboxylic acids is 2. The first kappa shape index (κ1) is 26.3. The topological polar surface area (TPSA) is 140 Å². The quantitative estimate of drug-likeness (QED) is 0.417. The maximum atomic E-state index is 13.5. The van der Waals surface area contributed by atoms with Crippen LogP contribution in [-0.4, -0.2) is 41.1 Å². The number of carbonyl (C=O) groups is 2. The lowest BCUT2D eigenvalue weighted by Crippen LogP contribution is -2.52. The van der Waals surface area contributed by atoms with Crippen LogP contribution >= 0.6 is 0 Å². The van der Waals surface area contributed by atoms with Gasteiger partial charge in [0.15, 0.2) is 5.69 Å². The van der Waals surface area contributed by atoms with E-state index >= 15 is 0 Å². The molecule has 10 nitrogen and oxygen atoms in total. The molecule has 0 bridgehead atoms. The van der Waals surface area contributed by atoms with Crippen molar-refractivity contribution >= 4 is 23.3 Å². The number of nitrogens with zero attached hydrogens (tertiary/aromatic N) is 2. The molecule has 3 rings (SSSR count). The monoisotopic (exact) mass is 493 g/mol. The molecule has 190 valence electrons. The first-order chi connectivity index (χ1) is 17.1. The van der Waals surface area contributed by atoms with E-state index < -0.39 is 29.1 Å². The number of anilines is 2. The third kappa shape index (κ3) is 5.65. The van der Waals surface area contributed by atoms with Crippen molar-refractivity contribution in [1.29, 1.82) is 0 Å². The number of benzene rings is 2. The Bertz CT molecular complexity index is 1350. The number of aromatic amines is 1. The van der Waals surface area contributed by atoms with Gasteiger partial charge in [0.2, 0.25) is 5.91 Å². The zero-order valence-corrected chi connectivity index (χ0v) is 20.8. The van der Waals surface area contributed by atoms with Crippen LogP contribution in [0.15, 0.2) is 64.2 Å². The van der Waals surface area contributed by atoms with Crippen molar-refractivity contribution in [3.8, 4) is 5.75 Å². The summed E-state index contributed by atoms with van der Waals surface area (Å²) in [6.45, 7) is 5.84. The summed E-state index contributed by atoms with van der Waals surface area (Å²) in [5.41, 5.74) is 5.65. The third-order valence-electron chi connectivity index (χ3n) is 5.71. The molecular weight excluding hydrogens is 462 g/mol. The van der Waals surface area contributed by atoms with Crippen LogP contribution in [-0.2, 0) is 11.3 Å². The molecule has 0 aliphatic heterocycles. The lowest BCUT2D eigenvalue weighted by atomic mass is 10.0. The van der Waals surface area contributed by atoms with E-state index in [0.717, 1.165) is 10.5 Å². The molecule has 1 heterocycles. The number of para-hydroxylation sites is 1. The zero-order valence-electron chi connectivity index (χ0n) is 20.8. The molecule has 0 fully saturated rings. The fourth-order valence-corrected chi connectivity index (χ4v) is 3.81. The molecule has 0 unspecified atom stereocenters. The molecule has 36 heavy (non-hydrogen) atoms. The number of amides is 2. The van der Waals surface area contributed by atoms with Crippen molar-refractivity contribution in [2.24, 2.45) is 5.92 Å². The largest absolute Gasteiger partial charge is 0.493 e. The van der Waals surface area contributed by atoms with E-state index in [0.29, 0.717) is 12.4 Å². The minimum Gasteiger partial charge on any atom is -0.493 e. The molecule has 3 aromatic rings. The van der Waals surface area contributed by atoms with Crippen LogP contribution in [0.3, 0.4) is 0 Å². The van der Waals surface area contributed by atoms with Gasteiger partial charge in [-0.25, -0.2) is 4.79 Å². The molecule has 1 aromatic heterocycles. The molecular formula is C26H31N5O5. The number of hydrogen-bond acceptors (Lipinski definition) is 6. The van der Waals surface area contributed by atoms with Crippen molar-refractivity contribution in [3.63, 3.8) is 0 Å². The van der Waals surface area contributed by atoms with Crippen molar-refractivity contribution in [1.82, 2.24) is 14.9 Å². The summed E-state index contributed by atoms with van der Waals surface area (Å²) in [5.74, 6) is -1.13. The van der Waals surface area contributed by atoms with Gasteiger partial charge in [-0.15, -0.1) is 0 Å². The molecule has 2 aromatic carbocycles. The predicted octanol–water partition coefficient (Wildman–Crippen LogP) is 1.98. The van der Waals surface area contributed by atoms with E-state index in [1.165, 1.54) is 11.6 Å². The average molecular weight is 494 g/mol. The summed E-state index contributed by atoms with van der Waals surface area (Å²) in [4.78, 5) is 55.1.